The lowest BCUT2D eigenvalue weighted by Crippen LogP contribution is -1.88. The highest BCUT2D eigenvalue weighted by atomic mass is 31.1. The van der Waals surface area contributed by atoms with Gasteiger partial charge in [0.15, 0.2) is 0 Å². The van der Waals surface area contributed by atoms with Crippen LogP contribution in [-0.4, -0.2) is 11.5 Å². The molecule has 0 saturated carbocycles. The molecule has 0 bridgehead atoms. The minimum absolute atomic E-state index is 0.417. The maximum atomic E-state index is 10.2. The number of rotatable bonds is 12. The van der Waals surface area contributed by atoms with Crippen molar-refractivity contribution in [3.05, 3.63) is 0 Å². The molecule has 102 valence electrons. The van der Waals surface area contributed by atoms with E-state index in [1.54, 1.807) is 0 Å². The smallest absolute Gasteiger partial charge is 0.133 e. The Labute approximate surface area is 107 Å². The Bertz CT molecular complexity index is 184. The van der Waals surface area contributed by atoms with Crippen molar-refractivity contribution in [1.82, 2.24) is 0 Å². The lowest BCUT2D eigenvalue weighted by atomic mass is 10.0. The topological polar surface area (TPSA) is 46.5 Å². The van der Waals surface area contributed by atoms with Crippen LogP contribution in [-0.2, 0) is 9.09 Å². The molecule has 0 spiro atoms. The van der Waals surface area contributed by atoms with E-state index in [0.29, 0.717) is 6.61 Å². The lowest BCUT2D eigenvalue weighted by molar-refractivity contribution is 0.273. The molecule has 0 aliphatic carbocycles. The van der Waals surface area contributed by atoms with Gasteiger partial charge in [-0.25, -0.2) is 0 Å². The highest BCUT2D eigenvalue weighted by molar-refractivity contribution is 7.32. The van der Waals surface area contributed by atoms with Crippen LogP contribution in [0.2, 0.25) is 0 Å². The van der Waals surface area contributed by atoms with Crippen molar-refractivity contribution in [2.24, 2.45) is 5.92 Å². The molecule has 0 aromatic rings. The molecule has 1 N–H and O–H groups in total. The summed E-state index contributed by atoms with van der Waals surface area (Å²) in [5.74, 6) is 0.841. The van der Waals surface area contributed by atoms with Gasteiger partial charge >= 0.3 is 8.25 Å². The second kappa shape index (κ2) is 12.5. The number of hydrogen-bond acceptors (Lipinski definition) is 2. The van der Waals surface area contributed by atoms with E-state index in [1.165, 1.54) is 44.9 Å². The average Bonchev–Trinajstić information content (AvgIpc) is 2.25. The minimum atomic E-state index is -2.39. The number of unbranched alkanes of at least 4 members (excludes halogenated alkanes) is 7. The first kappa shape index (κ1) is 17.0. The summed E-state index contributed by atoms with van der Waals surface area (Å²) in [5, 5.41) is 0. The lowest BCUT2D eigenvalue weighted by Gasteiger charge is -2.04. The van der Waals surface area contributed by atoms with Gasteiger partial charge < -0.3 is 0 Å². The van der Waals surface area contributed by atoms with Gasteiger partial charge in [-0.15, -0.1) is 9.42 Å². The van der Waals surface area contributed by atoms with Gasteiger partial charge in [-0.05, 0) is 12.3 Å². The van der Waals surface area contributed by atoms with E-state index in [2.05, 4.69) is 18.4 Å². The van der Waals surface area contributed by atoms with E-state index >= 15 is 0 Å². The van der Waals surface area contributed by atoms with E-state index in [4.69, 9.17) is 4.89 Å². The second-order valence-corrected chi connectivity index (χ2v) is 5.82. The first-order chi connectivity index (χ1) is 8.13. The molecule has 0 amide bonds. The van der Waals surface area contributed by atoms with Crippen molar-refractivity contribution in [2.75, 3.05) is 6.61 Å². The minimum Gasteiger partial charge on any atom is -0.133 e. The van der Waals surface area contributed by atoms with Gasteiger partial charge in [0.1, 0.15) is 6.61 Å². The predicted octanol–water partition coefficient (Wildman–Crippen LogP) is 4.82. The third-order valence-electron chi connectivity index (χ3n) is 2.88. The molecule has 0 radical (unpaired) electrons. The Balaban J connectivity index is 2.96. The first-order valence-corrected chi connectivity index (χ1v) is 8.05. The summed E-state index contributed by atoms with van der Waals surface area (Å²) < 4.78 is 14.8. The van der Waals surface area contributed by atoms with Crippen LogP contribution in [0.25, 0.3) is 0 Å². The van der Waals surface area contributed by atoms with E-state index in [9.17, 15) is 4.57 Å². The molecule has 0 aliphatic rings. The normalized spacial score (nSPS) is 12.1. The molecule has 0 aliphatic heterocycles. The molecule has 3 nitrogen and oxygen atoms in total. The molecule has 0 rings (SSSR count). The van der Waals surface area contributed by atoms with E-state index in [0.717, 1.165) is 18.8 Å². The monoisotopic (exact) mass is 263 g/mol. The van der Waals surface area contributed by atoms with Crippen LogP contribution in [0, 0.1) is 5.92 Å². The third kappa shape index (κ3) is 16.0. The van der Waals surface area contributed by atoms with Crippen LogP contribution in [0.1, 0.15) is 71.6 Å². The maximum absolute atomic E-state index is 10.2. The molecular formula is C13H28O3P+. The highest BCUT2D eigenvalue weighted by Gasteiger charge is 2.09. The van der Waals surface area contributed by atoms with Crippen LogP contribution in [0.3, 0.4) is 0 Å². The Hall–Kier alpha value is 0.0200. The predicted molar refractivity (Wildman–Crippen MR) is 72.2 cm³/mol. The SMILES string of the molecule is CC(C)CCCCCCCCCCO[P+](=O)O. The fourth-order valence-corrected chi connectivity index (χ4v) is 2.14. The van der Waals surface area contributed by atoms with Crippen LogP contribution in [0.4, 0.5) is 0 Å². The molecule has 0 heterocycles. The van der Waals surface area contributed by atoms with Crippen molar-refractivity contribution in [1.29, 1.82) is 0 Å². The fraction of sp³-hybridized carbons (Fsp3) is 1.00. The van der Waals surface area contributed by atoms with Crippen LogP contribution in [0.15, 0.2) is 0 Å². The Morgan fingerprint density at radius 3 is 1.88 bits per heavy atom. The summed E-state index contributed by atoms with van der Waals surface area (Å²) in [6.07, 6.45) is 11.3. The van der Waals surface area contributed by atoms with Crippen LogP contribution >= 0.6 is 8.25 Å². The average molecular weight is 263 g/mol. The van der Waals surface area contributed by atoms with Crippen molar-refractivity contribution in [3.63, 3.8) is 0 Å². The van der Waals surface area contributed by atoms with Crippen LogP contribution in [0.5, 0.6) is 0 Å². The molecule has 17 heavy (non-hydrogen) atoms. The Morgan fingerprint density at radius 1 is 0.941 bits per heavy atom. The van der Waals surface area contributed by atoms with Crippen molar-refractivity contribution in [2.45, 2.75) is 71.6 Å². The summed E-state index contributed by atoms with van der Waals surface area (Å²) in [7, 11) is -2.39. The largest absolute Gasteiger partial charge is 0.694 e. The molecule has 0 aromatic carbocycles. The summed E-state index contributed by atoms with van der Waals surface area (Å²) in [5.41, 5.74) is 0. The molecule has 0 fully saturated rings. The van der Waals surface area contributed by atoms with Crippen molar-refractivity contribution < 1.29 is 14.0 Å². The Morgan fingerprint density at radius 2 is 1.41 bits per heavy atom. The highest BCUT2D eigenvalue weighted by Crippen LogP contribution is 2.16. The second-order valence-electron chi connectivity index (χ2n) is 5.08. The van der Waals surface area contributed by atoms with Crippen molar-refractivity contribution in [3.8, 4) is 0 Å². The van der Waals surface area contributed by atoms with Gasteiger partial charge in [0.2, 0.25) is 0 Å². The van der Waals surface area contributed by atoms with Gasteiger partial charge in [-0.2, -0.15) is 0 Å². The standard InChI is InChI=1S/C13H27O3P/c1-13(2)11-9-7-5-3-4-6-8-10-12-16-17(14)15/h13H,3-12H2,1-2H3/p+1. The van der Waals surface area contributed by atoms with Gasteiger partial charge in [0.25, 0.3) is 0 Å². The zero-order valence-corrected chi connectivity index (χ0v) is 12.3. The van der Waals surface area contributed by atoms with E-state index < -0.39 is 8.25 Å². The summed E-state index contributed by atoms with van der Waals surface area (Å²) in [6, 6.07) is 0. The van der Waals surface area contributed by atoms with E-state index in [-0.39, 0.29) is 0 Å². The zero-order chi connectivity index (χ0) is 12.9. The van der Waals surface area contributed by atoms with Gasteiger partial charge in [-0.1, -0.05) is 65.2 Å². The molecule has 4 heteroatoms. The quantitative estimate of drug-likeness (QED) is 0.405. The van der Waals surface area contributed by atoms with E-state index in [1.807, 2.05) is 0 Å². The van der Waals surface area contributed by atoms with Gasteiger partial charge in [-0.3, -0.25) is 0 Å². The van der Waals surface area contributed by atoms with Crippen molar-refractivity contribution >= 4 is 8.25 Å². The summed E-state index contributed by atoms with van der Waals surface area (Å²) in [4.78, 5) is 8.40. The number of hydrogen-bond donors (Lipinski definition) is 1. The first-order valence-electron chi connectivity index (χ1n) is 6.92. The molecule has 1 unspecified atom stereocenters. The Kier molecular flexibility index (Phi) is 12.5. The molecule has 0 aromatic heterocycles. The summed E-state index contributed by atoms with van der Waals surface area (Å²) in [6.45, 7) is 4.98. The summed E-state index contributed by atoms with van der Waals surface area (Å²) >= 11 is 0. The molecule has 1 atom stereocenters. The molecule has 0 saturated heterocycles. The molecular weight excluding hydrogens is 235 g/mol. The third-order valence-corrected chi connectivity index (χ3v) is 3.28. The van der Waals surface area contributed by atoms with Gasteiger partial charge in [0.05, 0.1) is 0 Å². The van der Waals surface area contributed by atoms with Gasteiger partial charge in [0, 0.05) is 4.57 Å². The zero-order valence-electron chi connectivity index (χ0n) is 11.4. The van der Waals surface area contributed by atoms with Crippen LogP contribution < -0.4 is 0 Å². The maximum Gasteiger partial charge on any atom is 0.694 e. The fourth-order valence-electron chi connectivity index (χ4n) is 1.86.